The summed E-state index contributed by atoms with van der Waals surface area (Å²) >= 11 is 1.53. The first-order chi connectivity index (χ1) is 38.0. The summed E-state index contributed by atoms with van der Waals surface area (Å²) in [5, 5.41) is 26.1. The fourth-order valence-electron chi connectivity index (χ4n) is 6.30. The molecule has 0 aliphatic carbocycles. The van der Waals surface area contributed by atoms with E-state index in [1.807, 2.05) is 82.0 Å². The maximum Gasteiger partial charge on any atom is 0.338 e. The SMILES string of the molecule is C=CC(=O)OCC(C=C)CCCCOc1ccc(-c2ccc(CCOC(=O)c3ccc(OCCCCC(C=C)COC)cc3)cc2/C=N/NC(=C)Sc2ccccc2C)cc1.C=CC=O.C=O.C=O.CC.CO.CO.O=CO. The number of carboxylic acid groups (broad SMARTS) is 1. The van der Waals surface area contributed by atoms with Crippen LogP contribution in [-0.2, 0) is 44.6 Å². The van der Waals surface area contributed by atoms with E-state index in [0.29, 0.717) is 61.4 Å². The van der Waals surface area contributed by atoms with E-state index in [4.69, 9.17) is 58.2 Å². The summed E-state index contributed by atoms with van der Waals surface area (Å²) in [5.41, 5.74) is 8.58. The quantitative estimate of drug-likeness (QED) is 0.00555. The number of aliphatic hydroxyl groups is 2. The predicted molar refractivity (Wildman–Crippen MR) is 315 cm³/mol. The van der Waals surface area contributed by atoms with Crippen molar-refractivity contribution in [3.8, 4) is 22.6 Å². The molecule has 0 aliphatic rings. The van der Waals surface area contributed by atoms with E-state index in [1.165, 1.54) is 23.9 Å². The van der Waals surface area contributed by atoms with Crippen LogP contribution in [0.2, 0.25) is 0 Å². The van der Waals surface area contributed by atoms with Crippen molar-refractivity contribution in [1.29, 1.82) is 0 Å². The minimum absolute atomic E-state index is 0.0930. The Bertz CT molecular complexity index is 2240. The fraction of sp³-hybridized carbons (Fsp3) is 0.328. The predicted octanol–water partition coefficient (Wildman–Crippen LogP) is 11.3. The van der Waals surface area contributed by atoms with Crippen molar-refractivity contribution in [2.24, 2.45) is 16.9 Å². The lowest BCUT2D eigenvalue weighted by Crippen LogP contribution is -2.11. The number of aldehydes is 1. The summed E-state index contributed by atoms with van der Waals surface area (Å²) in [6.07, 6.45) is 14.6. The number of esters is 2. The maximum atomic E-state index is 12.9. The number of aliphatic hydroxyl groups excluding tert-OH is 2. The number of nitrogens with one attached hydrogen (secondary N) is 1. The molecule has 0 bridgehead atoms. The highest BCUT2D eigenvalue weighted by atomic mass is 32.2. The van der Waals surface area contributed by atoms with Crippen LogP contribution in [-0.4, -0.2) is 114 Å². The second-order valence-electron chi connectivity index (χ2n) is 15.0. The highest BCUT2D eigenvalue weighted by Gasteiger charge is 2.12. The summed E-state index contributed by atoms with van der Waals surface area (Å²) in [5.74, 6) is 1.13. The third kappa shape index (κ3) is 37.1. The van der Waals surface area contributed by atoms with E-state index in [-0.39, 0.29) is 25.0 Å². The molecule has 4 rings (SSSR count). The van der Waals surface area contributed by atoms with Gasteiger partial charge in [-0.1, -0.05) is 100.0 Å². The third-order valence-corrected chi connectivity index (χ3v) is 11.0. The Morgan fingerprint density at radius 1 is 0.718 bits per heavy atom. The number of carbonyl (C=O) groups excluding carboxylic acids is 5. The molecule has 2 unspecified atom stereocenters. The van der Waals surface area contributed by atoms with Crippen molar-refractivity contribution in [2.75, 3.05) is 54.4 Å². The molecular weight excluding hydrogens is 1020 g/mol. The number of hydrogen-bond acceptors (Lipinski definition) is 16. The Morgan fingerprint density at radius 3 is 1.72 bits per heavy atom. The smallest absolute Gasteiger partial charge is 0.338 e. The van der Waals surface area contributed by atoms with Crippen molar-refractivity contribution in [3.05, 3.63) is 175 Å². The van der Waals surface area contributed by atoms with Gasteiger partial charge in [0.2, 0.25) is 0 Å². The van der Waals surface area contributed by atoms with Gasteiger partial charge in [-0.25, -0.2) is 9.59 Å². The number of hydrazone groups is 1. The number of carbonyl (C=O) groups is 6. The molecule has 0 aromatic heterocycles. The number of rotatable bonds is 30. The molecule has 0 fully saturated rings. The zero-order valence-corrected chi connectivity index (χ0v) is 47.3. The third-order valence-electron chi connectivity index (χ3n) is 9.94. The normalized spacial score (nSPS) is 10.1. The molecule has 0 heterocycles. The van der Waals surface area contributed by atoms with E-state index in [1.54, 1.807) is 37.6 Å². The molecule has 0 saturated carbocycles. The molecule has 0 saturated heterocycles. The Kier molecular flexibility index (Phi) is 54.7. The molecule has 78 heavy (non-hydrogen) atoms. The average Bonchev–Trinajstić information content (AvgIpc) is 3.49. The lowest BCUT2D eigenvalue weighted by Gasteiger charge is -2.13. The zero-order chi connectivity index (χ0) is 59.8. The monoisotopic (exact) mass is 1100 g/mol. The molecule has 4 aromatic rings. The van der Waals surface area contributed by atoms with Crippen LogP contribution in [0.15, 0.2) is 163 Å². The minimum Gasteiger partial charge on any atom is -0.494 e. The number of thioether (sulfide) groups is 1. The van der Waals surface area contributed by atoms with Gasteiger partial charge in [-0.3, -0.25) is 15.0 Å². The van der Waals surface area contributed by atoms with Crippen LogP contribution in [0.4, 0.5) is 0 Å². The Labute approximate surface area is 467 Å². The van der Waals surface area contributed by atoms with Gasteiger partial charge in [0.1, 0.15) is 31.4 Å². The van der Waals surface area contributed by atoms with Gasteiger partial charge in [-0.15, -0.1) is 13.2 Å². The lowest BCUT2D eigenvalue weighted by molar-refractivity contribution is -0.138. The molecule has 0 aliphatic heterocycles. The van der Waals surface area contributed by atoms with Crippen LogP contribution >= 0.6 is 11.8 Å². The van der Waals surface area contributed by atoms with Crippen molar-refractivity contribution >= 4 is 56.3 Å². The first-order valence-corrected chi connectivity index (χ1v) is 25.5. The van der Waals surface area contributed by atoms with Crippen molar-refractivity contribution in [2.45, 2.75) is 70.6 Å². The van der Waals surface area contributed by atoms with E-state index < -0.39 is 5.97 Å². The number of ether oxygens (including phenoxy) is 5. The fourth-order valence-corrected chi connectivity index (χ4v) is 7.04. The van der Waals surface area contributed by atoms with Gasteiger partial charge in [-0.05, 0) is 128 Å². The molecular formula is C61H84N2O14S. The van der Waals surface area contributed by atoms with Crippen LogP contribution < -0.4 is 14.9 Å². The number of benzene rings is 4. The van der Waals surface area contributed by atoms with Crippen LogP contribution in [0.25, 0.3) is 11.1 Å². The van der Waals surface area contributed by atoms with Crippen molar-refractivity contribution in [1.82, 2.24) is 5.43 Å². The van der Waals surface area contributed by atoms with Crippen LogP contribution in [0.5, 0.6) is 11.5 Å². The molecule has 0 amide bonds. The number of aryl methyl sites for hydroxylation is 1. The largest absolute Gasteiger partial charge is 0.494 e. The molecule has 0 radical (unpaired) electrons. The molecule has 428 valence electrons. The Hall–Kier alpha value is -7.70. The highest BCUT2D eigenvalue weighted by Crippen LogP contribution is 2.28. The lowest BCUT2D eigenvalue weighted by atomic mass is 9.97. The Balaban J connectivity index is -0.00000144. The number of hydrogen-bond donors (Lipinski definition) is 4. The van der Waals surface area contributed by atoms with Crippen LogP contribution in [0.1, 0.15) is 79.4 Å². The maximum absolute atomic E-state index is 12.9. The summed E-state index contributed by atoms with van der Waals surface area (Å²) < 4.78 is 28.0. The van der Waals surface area contributed by atoms with E-state index >= 15 is 0 Å². The van der Waals surface area contributed by atoms with E-state index in [9.17, 15) is 9.59 Å². The summed E-state index contributed by atoms with van der Waals surface area (Å²) in [6.45, 7) is 30.6. The molecule has 17 heteroatoms. The molecule has 0 spiro atoms. The Morgan fingerprint density at radius 2 is 1.23 bits per heavy atom. The van der Waals surface area contributed by atoms with E-state index in [2.05, 4.69) is 74.6 Å². The van der Waals surface area contributed by atoms with Crippen LogP contribution in [0.3, 0.4) is 0 Å². The standard InChI is InChI=1S/C51H60N2O7S.C3H4O.C2H6.CH2O2.2CH4O.2CH2O/c1-7-40(36-56-6)17-12-14-31-58-47-27-23-44(24-28-47)51(55)59-33-30-42-20-29-48(45(34-42)35-52-53-39(5)61-49-19-11-10-16-38(49)4)43-21-25-46(26-22-43)57-32-15-13-18-41(8-2)37-60-50(54)9-3;1-2-3-4;1-2;2-1-3;4*1-2/h7-11,16,19-29,34-35,40-41,53H,1-3,5,12-15,17-18,30-33,36-37H2,4,6H3;2-3H,1H2;1-2H3;1H,(H,2,3);2*2H,1H3;2*1H2/b52-35+;;;;;;;. The summed E-state index contributed by atoms with van der Waals surface area (Å²) in [7, 11) is 3.71. The summed E-state index contributed by atoms with van der Waals surface area (Å²) in [4.78, 5) is 58.8. The van der Waals surface area contributed by atoms with Gasteiger partial charge in [0, 0.05) is 50.2 Å². The number of unbranched alkanes of at least 4 members (excludes halogenated alkanes) is 2. The average molecular weight is 1100 g/mol. The van der Waals surface area contributed by atoms with E-state index in [0.717, 1.165) is 91.2 Å². The zero-order valence-electron chi connectivity index (χ0n) is 46.5. The van der Waals surface area contributed by atoms with Gasteiger partial charge in [0.05, 0.1) is 49.8 Å². The van der Waals surface area contributed by atoms with Gasteiger partial charge in [0.25, 0.3) is 6.47 Å². The van der Waals surface area contributed by atoms with Crippen molar-refractivity contribution in [3.63, 3.8) is 0 Å². The van der Waals surface area contributed by atoms with Gasteiger partial charge < -0.3 is 48.6 Å². The van der Waals surface area contributed by atoms with Gasteiger partial charge >= 0.3 is 11.9 Å². The van der Waals surface area contributed by atoms with Crippen LogP contribution in [0, 0.1) is 18.8 Å². The summed E-state index contributed by atoms with van der Waals surface area (Å²) in [6, 6.07) is 29.4. The molecule has 4 aromatic carbocycles. The van der Waals surface area contributed by atoms with Gasteiger partial charge in [-0.2, -0.15) is 5.10 Å². The minimum atomic E-state index is -0.424. The topological polar surface area (TPSA) is 234 Å². The highest BCUT2D eigenvalue weighted by molar-refractivity contribution is 8.03. The second-order valence-corrected chi connectivity index (χ2v) is 16.1. The second kappa shape index (κ2) is 55.5. The van der Waals surface area contributed by atoms with Crippen molar-refractivity contribution < 1.29 is 67.8 Å². The molecule has 2 atom stereocenters. The number of allylic oxidation sites excluding steroid dienone is 1. The number of nitrogens with zero attached hydrogens (tertiary/aromatic N) is 1. The molecule has 16 nitrogen and oxygen atoms in total. The van der Waals surface area contributed by atoms with Gasteiger partial charge in [0.15, 0.2) is 0 Å². The first kappa shape index (κ1) is 76.8. The first-order valence-electron chi connectivity index (χ1n) is 24.7. The number of methoxy groups -OCH3 is 1. The molecule has 4 N–H and O–H groups in total.